The van der Waals surface area contributed by atoms with Gasteiger partial charge in [-0.25, -0.2) is 4.98 Å². The van der Waals surface area contributed by atoms with Gasteiger partial charge in [-0.2, -0.15) is 18.2 Å². The summed E-state index contributed by atoms with van der Waals surface area (Å²) in [6.07, 6.45) is 3.78. The maximum absolute atomic E-state index is 9.29. The molecule has 0 unspecified atom stereocenters. The Labute approximate surface area is 438 Å². The fourth-order valence-corrected chi connectivity index (χ4v) is 9.05. The average Bonchev–Trinajstić information content (AvgIpc) is 3.99. The topological polar surface area (TPSA) is 35.9 Å². The van der Waals surface area contributed by atoms with E-state index >= 15 is 0 Å². The van der Waals surface area contributed by atoms with Gasteiger partial charge >= 0.3 is 0 Å². The van der Waals surface area contributed by atoms with Gasteiger partial charge < -0.3 is 13.9 Å². The molecule has 3 heterocycles. The van der Waals surface area contributed by atoms with Gasteiger partial charge in [0.15, 0.2) is 0 Å². The summed E-state index contributed by atoms with van der Waals surface area (Å²) >= 11 is 0. The molecule has 0 atom stereocenters. The molecule has 3 aromatic heterocycles. The molecule has 0 spiro atoms. The van der Waals surface area contributed by atoms with Gasteiger partial charge in [0.05, 0.1) is 23.6 Å². The van der Waals surface area contributed by atoms with E-state index in [1.54, 1.807) is 12.1 Å². The summed E-state index contributed by atoms with van der Waals surface area (Å²) in [7, 11) is 0. The SMILES string of the molecule is [2H]c1c([2H])c([2H])c(-c2cccc(-c3cc(C(C)(C)C)cc(C(C)(C)C)c3)c2-[n+]2[c-]n(-c3[c-]c(Oc4[c-]c5c(cc4)c4ccccc4n5-c4cc(C(C)(C)C)ccn4)ccc3)c3cc(C([2H])([2H])C(C)C)ccc32)c([2H])c1[2H].[Pt]. The van der Waals surface area contributed by atoms with Crippen molar-refractivity contribution in [1.82, 2.24) is 14.1 Å². The Balaban J connectivity index is 0.00000722. The van der Waals surface area contributed by atoms with E-state index in [9.17, 15) is 5.48 Å². The van der Waals surface area contributed by atoms with Gasteiger partial charge in [0, 0.05) is 47.0 Å². The second-order valence-electron chi connectivity index (χ2n) is 21.4. The van der Waals surface area contributed by atoms with Crippen LogP contribution in [0.3, 0.4) is 0 Å². The van der Waals surface area contributed by atoms with Crippen LogP contribution in [0.5, 0.6) is 11.5 Å². The average molecular weight is 1110 g/mol. The van der Waals surface area contributed by atoms with Crippen LogP contribution < -0.4 is 9.30 Å². The van der Waals surface area contributed by atoms with Crippen LogP contribution in [0.1, 0.15) is 108 Å². The van der Waals surface area contributed by atoms with Crippen molar-refractivity contribution < 1.29 is 40.0 Å². The van der Waals surface area contributed by atoms with Gasteiger partial charge in [-0.3, -0.25) is 4.57 Å². The molecule has 0 radical (unpaired) electrons. The monoisotopic (exact) mass is 1100 g/mol. The van der Waals surface area contributed by atoms with E-state index in [1.165, 1.54) is 0 Å². The number of benzene rings is 7. The fraction of sp³-hybridized carbons (Fsp3) is 0.250. The van der Waals surface area contributed by atoms with Gasteiger partial charge in [-0.15, -0.1) is 29.7 Å². The Kier molecular flexibility index (Phi) is 10.7. The molecule has 0 amide bonds. The second kappa shape index (κ2) is 18.6. The third kappa shape index (κ3) is 9.41. The summed E-state index contributed by atoms with van der Waals surface area (Å²) in [6.45, 7) is 23.4. The molecule has 7 aromatic carbocycles. The molecule has 0 aliphatic carbocycles. The first-order chi connectivity index (χ1) is 35.7. The van der Waals surface area contributed by atoms with E-state index in [4.69, 9.17) is 13.8 Å². The standard InChI is InChI=1S/C64H62N4O.Pt/c1-42(2)33-43-27-30-57-59(34-43)66(41-67(57)61-52(44-19-13-12-14-20-44)24-18-25-53(61)45-35-47(63(6,7)8)37-48(36-45)64(9,10)11)49-21-17-22-50(39-49)69-51-28-29-55-54-23-15-16-26-56(54)68(58(55)40-51)60-38-46(31-32-65-60)62(3,4)5;/h12-32,34-38,42H,33H2,1-11H3;/q-2;/i12D,13D,14D,19D,20D,33D2;. The molecule has 0 aliphatic rings. The van der Waals surface area contributed by atoms with Crippen LogP contribution in [-0.2, 0) is 43.7 Å². The fourth-order valence-electron chi connectivity index (χ4n) is 9.05. The number of pyridine rings is 1. The van der Waals surface area contributed by atoms with Crippen LogP contribution in [-0.4, -0.2) is 14.1 Å². The maximum Gasteiger partial charge on any atom is 0.268 e. The largest absolute Gasteiger partial charge is 0.510 e. The molecular weight excluding hydrogens is 1040 g/mol. The van der Waals surface area contributed by atoms with Crippen molar-refractivity contribution in [2.75, 3.05) is 0 Å². The molecule has 0 saturated heterocycles. The van der Waals surface area contributed by atoms with Crippen molar-refractivity contribution >= 4 is 32.8 Å². The van der Waals surface area contributed by atoms with Crippen LogP contribution in [0, 0.1) is 24.4 Å². The second-order valence-corrected chi connectivity index (χ2v) is 21.4. The van der Waals surface area contributed by atoms with Crippen molar-refractivity contribution in [1.29, 1.82) is 0 Å². The van der Waals surface area contributed by atoms with Crippen LogP contribution in [0.15, 0.2) is 158 Å². The van der Waals surface area contributed by atoms with E-state index in [2.05, 4.69) is 128 Å². The number of nitrogens with zero attached hydrogens (tertiary/aromatic N) is 4. The zero-order valence-corrected chi connectivity index (χ0v) is 44.0. The van der Waals surface area contributed by atoms with Crippen molar-refractivity contribution in [3.63, 3.8) is 0 Å². The number of hydrogen-bond donors (Lipinski definition) is 0. The molecule has 0 saturated carbocycles. The number of para-hydroxylation sites is 2. The Morgan fingerprint density at radius 1 is 0.643 bits per heavy atom. The number of rotatable bonds is 9. The number of imidazole rings is 1. The summed E-state index contributed by atoms with van der Waals surface area (Å²) in [5.74, 6) is 1.28. The number of aromatic nitrogens is 4. The first-order valence-electron chi connectivity index (χ1n) is 27.2. The van der Waals surface area contributed by atoms with E-state index in [-0.39, 0.29) is 60.9 Å². The Morgan fingerprint density at radius 2 is 1.31 bits per heavy atom. The van der Waals surface area contributed by atoms with Gasteiger partial charge in [-0.1, -0.05) is 184 Å². The third-order valence-corrected chi connectivity index (χ3v) is 12.7. The van der Waals surface area contributed by atoms with E-state index in [0.29, 0.717) is 45.0 Å². The Morgan fingerprint density at radius 3 is 2.01 bits per heavy atom. The van der Waals surface area contributed by atoms with E-state index in [1.807, 2.05) is 95.9 Å². The van der Waals surface area contributed by atoms with E-state index in [0.717, 1.165) is 55.4 Å². The molecule has 0 aliphatic heterocycles. The van der Waals surface area contributed by atoms with E-state index < -0.39 is 24.5 Å². The molecule has 356 valence electrons. The van der Waals surface area contributed by atoms with Crippen LogP contribution in [0.25, 0.3) is 72.3 Å². The molecule has 5 nitrogen and oxygen atoms in total. The third-order valence-electron chi connectivity index (χ3n) is 12.7. The van der Waals surface area contributed by atoms with Gasteiger partial charge in [0.25, 0.3) is 6.33 Å². The predicted molar refractivity (Wildman–Crippen MR) is 285 cm³/mol. The number of ether oxygens (including phenoxy) is 1. The molecule has 0 bridgehead atoms. The summed E-state index contributed by atoms with van der Waals surface area (Å²) in [4.78, 5) is 4.85. The minimum atomic E-state index is -1.71. The summed E-state index contributed by atoms with van der Waals surface area (Å²) in [5, 5.41) is 2.07. The first kappa shape index (κ1) is 40.2. The molecular formula is C64H62N4OPt-2. The number of fused-ring (bicyclic) bond motifs is 4. The van der Waals surface area contributed by atoms with Crippen molar-refractivity contribution in [3.05, 3.63) is 198 Å². The molecule has 70 heavy (non-hydrogen) atoms. The zero-order chi connectivity index (χ0) is 54.6. The minimum absolute atomic E-state index is 0. The molecule has 6 heteroatoms. The molecule has 0 N–H and O–H groups in total. The summed E-state index contributed by atoms with van der Waals surface area (Å²) in [6, 6.07) is 44.8. The summed E-state index contributed by atoms with van der Waals surface area (Å²) in [5.41, 5.74) is 9.45. The van der Waals surface area contributed by atoms with Gasteiger partial charge in [-0.05, 0) is 103 Å². The van der Waals surface area contributed by atoms with Crippen molar-refractivity contribution in [2.45, 2.75) is 98.8 Å². The van der Waals surface area contributed by atoms with Crippen LogP contribution in [0.4, 0.5) is 0 Å². The van der Waals surface area contributed by atoms with Gasteiger partial charge in [0.2, 0.25) is 0 Å². The van der Waals surface area contributed by atoms with Crippen molar-refractivity contribution in [2.24, 2.45) is 5.92 Å². The first-order valence-corrected chi connectivity index (χ1v) is 23.7. The Bertz CT molecular complexity index is 3890. The quantitative estimate of drug-likeness (QED) is 0.107. The molecule has 10 rings (SSSR count). The maximum atomic E-state index is 9.29. The molecule has 10 aromatic rings. The van der Waals surface area contributed by atoms with Gasteiger partial charge in [0.1, 0.15) is 5.82 Å². The summed E-state index contributed by atoms with van der Waals surface area (Å²) < 4.78 is 75.7. The molecule has 0 fully saturated rings. The van der Waals surface area contributed by atoms with Crippen LogP contribution >= 0.6 is 0 Å². The van der Waals surface area contributed by atoms with Crippen LogP contribution in [0.2, 0.25) is 0 Å². The minimum Gasteiger partial charge on any atom is -0.510 e. The predicted octanol–water partition coefficient (Wildman–Crippen LogP) is 16.0. The Hall–Kier alpha value is -6.55. The number of hydrogen-bond acceptors (Lipinski definition) is 2. The smallest absolute Gasteiger partial charge is 0.268 e. The normalized spacial score (nSPS) is 13.9. The zero-order valence-electron chi connectivity index (χ0n) is 48.7. The van der Waals surface area contributed by atoms with Crippen molar-refractivity contribution in [3.8, 4) is 50.9 Å².